The molecule has 0 radical (unpaired) electrons. The monoisotopic (exact) mass is 218 g/mol. The molecule has 1 atom stereocenters. The smallest absolute Gasteiger partial charge is 0.416 e. The topological polar surface area (TPSA) is 9.23 Å². The van der Waals surface area contributed by atoms with Crippen molar-refractivity contribution in [2.24, 2.45) is 0 Å². The molecule has 0 aliphatic carbocycles. The second-order valence-electron chi connectivity index (χ2n) is 3.36. The molecule has 1 unspecified atom stereocenters. The minimum absolute atomic E-state index is 0.0755. The molecule has 0 spiro atoms. The van der Waals surface area contributed by atoms with Crippen LogP contribution >= 0.6 is 0 Å². The number of hydrogen-bond acceptors (Lipinski definition) is 1. The second-order valence-corrected chi connectivity index (χ2v) is 3.36. The number of hydrogen-bond donors (Lipinski definition) is 0. The average molecular weight is 218 g/mol. The van der Waals surface area contributed by atoms with Gasteiger partial charge in [-0.25, -0.2) is 0 Å². The molecule has 0 saturated heterocycles. The van der Waals surface area contributed by atoms with Crippen molar-refractivity contribution in [2.45, 2.75) is 32.5 Å². The lowest BCUT2D eigenvalue weighted by Crippen LogP contribution is -2.11. The number of rotatable bonds is 3. The molecule has 15 heavy (non-hydrogen) atoms. The Labute approximate surface area is 86.9 Å². The quantitative estimate of drug-likeness (QED) is 0.748. The van der Waals surface area contributed by atoms with Crippen LogP contribution in [0.4, 0.5) is 13.2 Å². The van der Waals surface area contributed by atoms with E-state index in [1.165, 1.54) is 12.1 Å². The van der Waals surface area contributed by atoms with Crippen molar-refractivity contribution >= 4 is 0 Å². The lowest BCUT2D eigenvalue weighted by Gasteiger charge is -2.14. The summed E-state index contributed by atoms with van der Waals surface area (Å²) in [7, 11) is 0. The lowest BCUT2D eigenvalue weighted by atomic mass is 10.2. The van der Waals surface area contributed by atoms with Gasteiger partial charge in [0.1, 0.15) is 5.75 Å². The van der Waals surface area contributed by atoms with Gasteiger partial charge in [0.15, 0.2) is 0 Å². The summed E-state index contributed by atoms with van der Waals surface area (Å²) >= 11 is 0. The van der Waals surface area contributed by atoms with E-state index < -0.39 is 11.7 Å². The lowest BCUT2D eigenvalue weighted by molar-refractivity contribution is -0.137. The van der Waals surface area contributed by atoms with E-state index in [9.17, 15) is 13.2 Å². The summed E-state index contributed by atoms with van der Waals surface area (Å²) in [6, 6.07) is 4.93. The summed E-state index contributed by atoms with van der Waals surface area (Å²) in [5, 5.41) is 0. The minimum atomic E-state index is -4.31. The van der Waals surface area contributed by atoms with E-state index in [1.54, 1.807) is 0 Å². The molecule has 0 fully saturated rings. The molecule has 1 aromatic rings. The number of benzene rings is 1. The van der Waals surface area contributed by atoms with E-state index in [1.807, 2.05) is 13.8 Å². The van der Waals surface area contributed by atoms with Crippen molar-refractivity contribution in [3.8, 4) is 5.75 Å². The van der Waals surface area contributed by atoms with Gasteiger partial charge in [-0.3, -0.25) is 0 Å². The van der Waals surface area contributed by atoms with Gasteiger partial charge in [0.2, 0.25) is 0 Å². The van der Waals surface area contributed by atoms with Gasteiger partial charge in [-0.15, -0.1) is 0 Å². The number of alkyl halides is 3. The van der Waals surface area contributed by atoms with E-state index in [0.717, 1.165) is 18.6 Å². The van der Waals surface area contributed by atoms with Crippen LogP contribution in [0.15, 0.2) is 24.3 Å². The third kappa shape index (κ3) is 3.46. The van der Waals surface area contributed by atoms with Gasteiger partial charge in [0.05, 0.1) is 11.7 Å². The summed E-state index contributed by atoms with van der Waals surface area (Å²) in [5.41, 5.74) is -0.677. The van der Waals surface area contributed by atoms with Crippen LogP contribution in [0.2, 0.25) is 0 Å². The van der Waals surface area contributed by atoms with E-state index in [-0.39, 0.29) is 11.9 Å². The minimum Gasteiger partial charge on any atom is -0.491 e. The largest absolute Gasteiger partial charge is 0.491 e. The summed E-state index contributed by atoms with van der Waals surface area (Å²) in [4.78, 5) is 0. The Hall–Kier alpha value is -1.19. The van der Waals surface area contributed by atoms with Gasteiger partial charge in [0, 0.05) is 0 Å². The van der Waals surface area contributed by atoms with Crippen LogP contribution in [0.1, 0.15) is 25.8 Å². The molecule has 0 bridgehead atoms. The zero-order valence-corrected chi connectivity index (χ0v) is 8.64. The third-order valence-electron chi connectivity index (χ3n) is 2.07. The average Bonchev–Trinajstić information content (AvgIpc) is 2.17. The highest BCUT2D eigenvalue weighted by atomic mass is 19.4. The fourth-order valence-electron chi connectivity index (χ4n) is 1.06. The molecular weight excluding hydrogens is 205 g/mol. The molecule has 0 saturated carbocycles. The Morgan fingerprint density at radius 3 is 2.53 bits per heavy atom. The fourth-order valence-corrected chi connectivity index (χ4v) is 1.06. The highest BCUT2D eigenvalue weighted by molar-refractivity contribution is 5.30. The Bertz CT molecular complexity index is 320. The summed E-state index contributed by atoms with van der Waals surface area (Å²) < 4.78 is 42.3. The van der Waals surface area contributed by atoms with Crippen LogP contribution in [0.5, 0.6) is 5.75 Å². The van der Waals surface area contributed by atoms with E-state index in [4.69, 9.17) is 4.74 Å². The molecule has 1 rings (SSSR count). The summed E-state index contributed by atoms with van der Waals surface area (Å²) in [6.45, 7) is 3.73. The van der Waals surface area contributed by atoms with Crippen LogP contribution < -0.4 is 4.74 Å². The van der Waals surface area contributed by atoms with E-state index >= 15 is 0 Å². The molecule has 0 amide bonds. The van der Waals surface area contributed by atoms with Crippen LogP contribution in [-0.2, 0) is 6.18 Å². The molecule has 0 N–H and O–H groups in total. The highest BCUT2D eigenvalue weighted by Crippen LogP contribution is 2.31. The van der Waals surface area contributed by atoms with Gasteiger partial charge in [0.25, 0.3) is 0 Å². The standard InChI is InChI=1S/C11H13F3O/c1-3-8(2)15-10-6-4-5-9(7-10)11(12,13)14/h4-8H,3H2,1-2H3. The van der Waals surface area contributed by atoms with Crippen LogP contribution in [0.3, 0.4) is 0 Å². The maximum atomic E-state index is 12.3. The molecule has 1 aromatic carbocycles. The first-order valence-corrected chi connectivity index (χ1v) is 4.77. The SMILES string of the molecule is CCC(C)Oc1cccc(C(F)(F)F)c1. The van der Waals surface area contributed by atoms with Gasteiger partial charge in [-0.2, -0.15) is 13.2 Å². The van der Waals surface area contributed by atoms with Crippen LogP contribution in [-0.4, -0.2) is 6.10 Å². The summed E-state index contributed by atoms with van der Waals surface area (Å²) in [5.74, 6) is 0.263. The van der Waals surface area contributed by atoms with Crippen LogP contribution in [0.25, 0.3) is 0 Å². The van der Waals surface area contributed by atoms with Crippen molar-refractivity contribution < 1.29 is 17.9 Å². The number of ether oxygens (including phenoxy) is 1. The molecule has 0 aromatic heterocycles. The molecular formula is C11H13F3O. The number of halogens is 3. The first-order chi connectivity index (χ1) is 6.93. The summed E-state index contributed by atoms with van der Waals surface area (Å²) in [6.07, 6.45) is -3.63. The van der Waals surface area contributed by atoms with Crippen molar-refractivity contribution in [1.29, 1.82) is 0 Å². The first kappa shape index (κ1) is 11.9. The molecule has 1 nitrogen and oxygen atoms in total. The van der Waals surface area contributed by atoms with Crippen molar-refractivity contribution in [1.82, 2.24) is 0 Å². The predicted molar refractivity (Wildman–Crippen MR) is 51.8 cm³/mol. The highest BCUT2D eigenvalue weighted by Gasteiger charge is 2.30. The molecule has 4 heteroatoms. The van der Waals surface area contributed by atoms with Gasteiger partial charge in [-0.05, 0) is 31.5 Å². The van der Waals surface area contributed by atoms with E-state index in [0.29, 0.717) is 0 Å². The van der Waals surface area contributed by atoms with Crippen molar-refractivity contribution in [3.63, 3.8) is 0 Å². The van der Waals surface area contributed by atoms with E-state index in [2.05, 4.69) is 0 Å². The third-order valence-corrected chi connectivity index (χ3v) is 2.07. The zero-order valence-electron chi connectivity index (χ0n) is 8.64. The molecule has 0 aliphatic rings. The molecule has 0 aliphatic heterocycles. The Morgan fingerprint density at radius 2 is 2.00 bits per heavy atom. The van der Waals surface area contributed by atoms with Crippen LogP contribution in [0, 0.1) is 0 Å². The Kier molecular flexibility index (Phi) is 3.61. The first-order valence-electron chi connectivity index (χ1n) is 4.77. The molecule has 0 heterocycles. The fraction of sp³-hybridized carbons (Fsp3) is 0.455. The second kappa shape index (κ2) is 4.55. The normalized spacial score (nSPS) is 13.7. The predicted octanol–water partition coefficient (Wildman–Crippen LogP) is 3.88. The van der Waals surface area contributed by atoms with Crippen molar-refractivity contribution in [2.75, 3.05) is 0 Å². The molecule has 84 valence electrons. The van der Waals surface area contributed by atoms with Gasteiger partial charge >= 0.3 is 6.18 Å². The van der Waals surface area contributed by atoms with Crippen molar-refractivity contribution in [3.05, 3.63) is 29.8 Å². The maximum absolute atomic E-state index is 12.3. The Morgan fingerprint density at radius 1 is 1.33 bits per heavy atom. The zero-order chi connectivity index (χ0) is 11.5. The Balaban J connectivity index is 2.84. The van der Waals surface area contributed by atoms with Gasteiger partial charge in [-0.1, -0.05) is 13.0 Å². The maximum Gasteiger partial charge on any atom is 0.416 e. The van der Waals surface area contributed by atoms with Gasteiger partial charge < -0.3 is 4.74 Å².